The molecule has 3 aromatic heterocycles. The zero-order valence-corrected chi connectivity index (χ0v) is 17.2. The second-order valence-corrected chi connectivity index (χ2v) is 8.47. The molecular weight excluding hydrogens is 423 g/mol. The average Bonchev–Trinajstić information content (AvgIpc) is 3.18. The lowest BCUT2D eigenvalue weighted by atomic mass is 10.1. The van der Waals surface area contributed by atoms with E-state index in [-0.39, 0.29) is 10.8 Å². The minimum atomic E-state index is -3.94. The van der Waals surface area contributed by atoms with Crippen molar-refractivity contribution >= 4 is 20.9 Å². The lowest BCUT2D eigenvalue weighted by Crippen LogP contribution is -2.25. The highest BCUT2D eigenvalue weighted by atomic mass is 32.2. The van der Waals surface area contributed by atoms with E-state index in [1.54, 1.807) is 42.2 Å². The maximum absolute atomic E-state index is 13.2. The largest absolute Gasteiger partial charge is 0.374 e. The van der Waals surface area contributed by atoms with Gasteiger partial charge in [-0.3, -0.25) is 10.3 Å². The van der Waals surface area contributed by atoms with E-state index in [1.807, 2.05) is 0 Å². The number of nitrogens with two attached hydrogens (primary N) is 1. The smallest absolute Gasteiger partial charge is 0.255 e. The van der Waals surface area contributed by atoms with E-state index < -0.39 is 22.3 Å². The second kappa shape index (κ2) is 8.12. The van der Waals surface area contributed by atoms with Crippen LogP contribution in [-0.2, 0) is 10.0 Å². The molecule has 11 heteroatoms. The molecule has 31 heavy (non-hydrogen) atoms. The predicted octanol–water partition coefficient (Wildman–Crippen LogP) is 1.94. The zero-order chi connectivity index (χ0) is 22.2. The number of nitrogens with one attached hydrogen (secondary N) is 1. The Hall–Kier alpha value is -3.25. The number of hydrogen-bond acceptors (Lipinski definition) is 7. The molecule has 4 N–H and O–H groups in total. The number of aliphatic hydroxyl groups excluding tert-OH is 1. The topological polar surface area (TPSA) is 136 Å². The third-order valence-corrected chi connectivity index (χ3v) is 5.66. The Kier molecular flexibility index (Phi) is 5.50. The number of aliphatic hydroxyl groups is 1. The Balaban J connectivity index is 1.63. The molecule has 0 spiro atoms. The molecule has 4 aromatic rings. The van der Waals surface area contributed by atoms with Gasteiger partial charge in [-0.05, 0) is 48.9 Å². The Labute approximate surface area is 177 Å². The van der Waals surface area contributed by atoms with Crippen LogP contribution in [0.3, 0.4) is 0 Å². The standard InChI is InChI=1S/C20H19FN6O3S/c1-12(13-6-7-24-19(8-13)31(22,29)30)26-20(28)17-9-23-11-18-16(17)10-25-27(18)15-4-2-14(21)3-5-15/h2-12,20,26,28H,1H3,(H2,22,29,30)/t12-,20?/m0/s1. The van der Waals surface area contributed by atoms with Crippen molar-refractivity contribution in [3.05, 3.63) is 78.1 Å². The number of hydrogen-bond donors (Lipinski definition) is 3. The first-order valence-electron chi connectivity index (χ1n) is 9.24. The summed E-state index contributed by atoms with van der Waals surface area (Å²) < 4.78 is 37.9. The molecular formula is C20H19FN6O3S. The fourth-order valence-corrected chi connectivity index (χ4v) is 3.75. The second-order valence-electron chi connectivity index (χ2n) is 6.96. The first-order chi connectivity index (χ1) is 14.7. The molecule has 3 heterocycles. The highest BCUT2D eigenvalue weighted by Gasteiger charge is 2.19. The van der Waals surface area contributed by atoms with Crippen molar-refractivity contribution in [3.8, 4) is 5.69 Å². The number of fused-ring (bicyclic) bond motifs is 1. The highest BCUT2D eigenvalue weighted by Crippen LogP contribution is 2.26. The molecule has 1 unspecified atom stereocenters. The lowest BCUT2D eigenvalue weighted by Gasteiger charge is -2.20. The SMILES string of the molecule is C[C@H](NC(O)c1cncc2c1cnn2-c1ccc(F)cc1)c1ccnc(S(N)(=O)=O)c1. The third kappa shape index (κ3) is 4.30. The van der Waals surface area contributed by atoms with E-state index in [4.69, 9.17) is 5.14 Å². The van der Waals surface area contributed by atoms with Crippen LogP contribution in [0.5, 0.6) is 0 Å². The van der Waals surface area contributed by atoms with Crippen LogP contribution in [0.15, 0.2) is 66.2 Å². The summed E-state index contributed by atoms with van der Waals surface area (Å²) >= 11 is 0. The molecule has 0 fully saturated rings. The first kappa shape index (κ1) is 21.0. The van der Waals surface area contributed by atoms with E-state index in [0.29, 0.717) is 27.7 Å². The Morgan fingerprint density at radius 1 is 1.16 bits per heavy atom. The van der Waals surface area contributed by atoms with E-state index in [0.717, 1.165) is 0 Å². The van der Waals surface area contributed by atoms with Crippen LogP contribution in [0.25, 0.3) is 16.6 Å². The molecule has 0 aliphatic rings. The molecule has 9 nitrogen and oxygen atoms in total. The van der Waals surface area contributed by atoms with Crippen LogP contribution in [0.2, 0.25) is 0 Å². The minimum Gasteiger partial charge on any atom is -0.374 e. The normalized spacial score (nSPS) is 13.9. The van der Waals surface area contributed by atoms with Gasteiger partial charge >= 0.3 is 0 Å². The number of nitrogens with zero attached hydrogens (tertiary/aromatic N) is 4. The molecule has 0 bridgehead atoms. The molecule has 0 saturated heterocycles. The number of aromatic nitrogens is 4. The maximum atomic E-state index is 13.2. The van der Waals surface area contributed by atoms with Crippen LogP contribution >= 0.6 is 0 Å². The van der Waals surface area contributed by atoms with Gasteiger partial charge in [-0.15, -0.1) is 0 Å². The van der Waals surface area contributed by atoms with E-state index in [9.17, 15) is 17.9 Å². The van der Waals surface area contributed by atoms with Gasteiger partial charge < -0.3 is 5.11 Å². The van der Waals surface area contributed by atoms with Crippen molar-refractivity contribution in [1.29, 1.82) is 0 Å². The summed E-state index contributed by atoms with van der Waals surface area (Å²) in [6, 6.07) is 8.41. The number of sulfonamides is 1. The van der Waals surface area contributed by atoms with Gasteiger partial charge in [0.25, 0.3) is 10.0 Å². The summed E-state index contributed by atoms with van der Waals surface area (Å²) in [6.45, 7) is 1.76. The van der Waals surface area contributed by atoms with Gasteiger partial charge in [-0.25, -0.2) is 27.6 Å². The van der Waals surface area contributed by atoms with Gasteiger partial charge in [0.15, 0.2) is 5.03 Å². The van der Waals surface area contributed by atoms with Crippen LogP contribution in [0.1, 0.15) is 30.3 Å². The van der Waals surface area contributed by atoms with E-state index >= 15 is 0 Å². The van der Waals surface area contributed by atoms with Crippen molar-refractivity contribution in [2.24, 2.45) is 5.14 Å². The Morgan fingerprint density at radius 2 is 1.90 bits per heavy atom. The summed E-state index contributed by atoms with van der Waals surface area (Å²) in [4.78, 5) is 7.96. The number of primary sulfonamides is 1. The molecule has 4 rings (SSSR count). The molecule has 0 aliphatic heterocycles. The fraction of sp³-hybridized carbons (Fsp3) is 0.150. The zero-order valence-electron chi connectivity index (χ0n) is 16.3. The van der Waals surface area contributed by atoms with E-state index in [1.165, 1.54) is 30.6 Å². The molecule has 0 saturated carbocycles. The van der Waals surface area contributed by atoms with E-state index in [2.05, 4.69) is 20.4 Å². The average molecular weight is 442 g/mol. The molecule has 160 valence electrons. The van der Waals surface area contributed by atoms with Gasteiger partial charge in [0, 0.05) is 29.4 Å². The Bertz CT molecular complexity index is 1340. The lowest BCUT2D eigenvalue weighted by molar-refractivity contribution is 0.127. The first-order valence-corrected chi connectivity index (χ1v) is 10.8. The van der Waals surface area contributed by atoms with Gasteiger partial charge in [0.05, 0.1) is 23.6 Å². The molecule has 0 aliphatic carbocycles. The summed E-state index contributed by atoms with van der Waals surface area (Å²) in [5.41, 5.74) is 2.36. The van der Waals surface area contributed by atoms with Crippen molar-refractivity contribution in [3.63, 3.8) is 0 Å². The van der Waals surface area contributed by atoms with Crippen molar-refractivity contribution < 1.29 is 17.9 Å². The summed E-state index contributed by atoms with van der Waals surface area (Å²) in [5.74, 6) is -0.352. The van der Waals surface area contributed by atoms with Crippen LogP contribution in [0, 0.1) is 5.82 Å². The third-order valence-electron chi connectivity index (χ3n) is 4.85. The molecule has 0 amide bonds. The number of halogens is 1. The number of benzene rings is 1. The monoisotopic (exact) mass is 442 g/mol. The van der Waals surface area contributed by atoms with Crippen molar-refractivity contribution in [2.75, 3.05) is 0 Å². The number of rotatable bonds is 6. The summed E-state index contributed by atoms with van der Waals surface area (Å²) in [5, 5.41) is 23.7. The Morgan fingerprint density at radius 3 is 2.61 bits per heavy atom. The van der Waals surface area contributed by atoms with Crippen LogP contribution in [-0.4, -0.2) is 33.3 Å². The van der Waals surface area contributed by atoms with Gasteiger partial charge in [-0.2, -0.15) is 5.10 Å². The molecule has 0 radical (unpaired) electrons. The van der Waals surface area contributed by atoms with Crippen LogP contribution < -0.4 is 10.5 Å². The molecule has 2 atom stereocenters. The number of pyridine rings is 2. The van der Waals surface area contributed by atoms with Gasteiger partial charge in [0.2, 0.25) is 0 Å². The minimum absolute atomic E-state index is 0.252. The fourth-order valence-electron chi connectivity index (χ4n) is 3.24. The van der Waals surface area contributed by atoms with Gasteiger partial charge in [-0.1, -0.05) is 0 Å². The van der Waals surface area contributed by atoms with Crippen LogP contribution in [0.4, 0.5) is 4.39 Å². The van der Waals surface area contributed by atoms with Crippen molar-refractivity contribution in [1.82, 2.24) is 25.1 Å². The molecule has 1 aromatic carbocycles. The maximum Gasteiger partial charge on any atom is 0.255 e. The summed E-state index contributed by atoms with van der Waals surface area (Å²) in [7, 11) is -3.94. The summed E-state index contributed by atoms with van der Waals surface area (Å²) in [6.07, 6.45) is 4.94. The highest BCUT2D eigenvalue weighted by molar-refractivity contribution is 7.89. The quantitative estimate of drug-likeness (QED) is 0.388. The van der Waals surface area contributed by atoms with Crippen molar-refractivity contribution in [2.45, 2.75) is 24.2 Å². The van der Waals surface area contributed by atoms with Gasteiger partial charge in [0.1, 0.15) is 12.0 Å². The predicted molar refractivity (Wildman–Crippen MR) is 111 cm³/mol.